The third-order valence-electron chi connectivity index (χ3n) is 2.83. The molecule has 0 aliphatic carbocycles. The topological polar surface area (TPSA) is 34.1 Å². The summed E-state index contributed by atoms with van der Waals surface area (Å²) in [6.45, 7) is 0. The average molecular weight is 310 g/mol. The Balaban J connectivity index is 1.98. The van der Waals surface area contributed by atoms with E-state index in [2.05, 4.69) is 10.3 Å². The van der Waals surface area contributed by atoms with E-state index in [1.54, 1.807) is 25.3 Å². The van der Waals surface area contributed by atoms with Gasteiger partial charge in [-0.05, 0) is 18.2 Å². The van der Waals surface area contributed by atoms with Crippen molar-refractivity contribution < 1.29 is 17.9 Å². The first kappa shape index (κ1) is 13.7. The SMILES string of the molecule is COc1ccc2nc(Nc3cc(F)cc(F)c3F)sc2c1. The molecule has 3 nitrogen and oxygen atoms in total. The molecule has 7 heteroatoms. The highest BCUT2D eigenvalue weighted by molar-refractivity contribution is 7.22. The van der Waals surface area contributed by atoms with Crippen LogP contribution in [-0.4, -0.2) is 12.1 Å². The van der Waals surface area contributed by atoms with E-state index in [0.717, 1.165) is 10.8 Å². The van der Waals surface area contributed by atoms with Crippen LogP contribution in [0.2, 0.25) is 0 Å². The summed E-state index contributed by atoms with van der Waals surface area (Å²) in [7, 11) is 1.55. The molecule has 21 heavy (non-hydrogen) atoms. The van der Waals surface area contributed by atoms with E-state index in [1.165, 1.54) is 11.3 Å². The van der Waals surface area contributed by atoms with Crippen molar-refractivity contribution in [1.29, 1.82) is 0 Å². The van der Waals surface area contributed by atoms with Crippen LogP contribution in [0, 0.1) is 17.5 Å². The smallest absolute Gasteiger partial charge is 0.188 e. The summed E-state index contributed by atoms with van der Waals surface area (Å²) >= 11 is 1.23. The van der Waals surface area contributed by atoms with Gasteiger partial charge in [0.1, 0.15) is 11.6 Å². The van der Waals surface area contributed by atoms with Crippen LogP contribution in [-0.2, 0) is 0 Å². The van der Waals surface area contributed by atoms with Gasteiger partial charge in [-0.25, -0.2) is 18.2 Å². The van der Waals surface area contributed by atoms with Gasteiger partial charge in [-0.15, -0.1) is 0 Å². The van der Waals surface area contributed by atoms with Crippen molar-refractivity contribution >= 4 is 32.4 Å². The Morgan fingerprint density at radius 2 is 1.95 bits per heavy atom. The zero-order valence-electron chi connectivity index (χ0n) is 10.8. The fraction of sp³-hybridized carbons (Fsp3) is 0.0714. The highest BCUT2D eigenvalue weighted by Crippen LogP contribution is 2.32. The minimum Gasteiger partial charge on any atom is -0.497 e. The van der Waals surface area contributed by atoms with Gasteiger partial charge in [0.25, 0.3) is 0 Å². The molecule has 0 saturated heterocycles. The van der Waals surface area contributed by atoms with Gasteiger partial charge in [-0.1, -0.05) is 11.3 Å². The molecule has 0 aliphatic heterocycles. The molecule has 0 saturated carbocycles. The Morgan fingerprint density at radius 3 is 2.71 bits per heavy atom. The molecule has 0 spiro atoms. The number of halogens is 3. The number of fused-ring (bicyclic) bond motifs is 1. The van der Waals surface area contributed by atoms with Gasteiger partial charge in [-0.2, -0.15) is 0 Å². The second-order valence-corrected chi connectivity index (χ2v) is 5.26. The Bertz CT molecular complexity index is 819. The molecule has 0 aliphatic rings. The molecule has 2 aromatic carbocycles. The fourth-order valence-corrected chi connectivity index (χ4v) is 2.75. The minimum atomic E-state index is -1.25. The van der Waals surface area contributed by atoms with E-state index >= 15 is 0 Å². The van der Waals surface area contributed by atoms with Crippen LogP contribution >= 0.6 is 11.3 Å². The number of aromatic nitrogens is 1. The van der Waals surface area contributed by atoms with Crippen molar-refractivity contribution in [3.63, 3.8) is 0 Å². The van der Waals surface area contributed by atoms with Crippen LogP contribution in [0.15, 0.2) is 30.3 Å². The monoisotopic (exact) mass is 310 g/mol. The maximum atomic E-state index is 13.6. The maximum Gasteiger partial charge on any atom is 0.188 e. The van der Waals surface area contributed by atoms with Crippen molar-refractivity contribution in [2.24, 2.45) is 0 Å². The van der Waals surface area contributed by atoms with Crippen LogP contribution < -0.4 is 10.1 Å². The first-order chi connectivity index (χ1) is 10.1. The number of hydrogen-bond donors (Lipinski definition) is 1. The number of nitrogens with one attached hydrogen (secondary N) is 1. The number of methoxy groups -OCH3 is 1. The van der Waals surface area contributed by atoms with Crippen LogP contribution in [0.1, 0.15) is 0 Å². The van der Waals surface area contributed by atoms with E-state index < -0.39 is 17.5 Å². The third-order valence-corrected chi connectivity index (χ3v) is 3.76. The average Bonchev–Trinajstić information content (AvgIpc) is 2.85. The van der Waals surface area contributed by atoms with E-state index in [-0.39, 0.29) is 5.69 Å². The molecular formula is C14H9F3N2OS. The van der Waals surface area contributed by atoms with Gasteiger partial charge < -0.3 is 10.1 Å². The zero-order valence-corrected chi connectivity index (χ0v) is 11.6. The fourth-order valence-electron chi connectivity index (χ4n) is 1.85. The molecule has 3 rings (SSSR count). The Labute approximate surface area is 122 Å². The molecule has 0 fully saturated rings. The highest BCUT2D eigenvalue weighted by atomic mass is 32.1. The molecule has 3 aromatic rings. The largest absolute Gasteiger partial charge is 0.497 e. The summed E-state index contributed by atoms with van der Waals surface area (Å²) in [5.74, 6) is -2.59. The lowest BCUT2D eigenvalue weighted by molar-refractivity contribution is 0.415. The lowest BCUT2D eigenvalue weighted by atomic mass is 10.3. The van der Waals surface area contributed by atoms with Gasteiger partial charge in [-0.3, -0.25) is 0 Å². The zero-order chi connectivity index (χ0) is 15.0. The Hall–Kier alpha value is -2.28. The molecule has 1 aromatic heterocycles. The molecule has 1 heterocycles. The van der Waals surface area contributed by atoms with E-state index in [1.807, 2.05) is 0 Å². The summed E-state index contributed by atoms with van der Waals surface area (Å²) < 4.78 is 45.8. The number of ether oxygens (including phenoxy) is 1. The third kappa shape index (κ3) is 2.64. The van der Waals surface area contributed by atoms with Crippen molar-refractivity contribution in [2.75, 3.05) is 12.4 Å². The summed E-state index contributed by atoms with van der Waals surface area (Å²) in [6.07, 6.45) is 0. The van der Waals surface area contributed by atoms with Gasteiger partial charge >= 0.3 is 0 Å². The molecule has 108 valence electrons. The van der Waals surface area contributed by atoms with Crippen LogP contribution in [0.25, 0.3) is 10.2 Å². The number of rotatable bonds is 3. The highest BCUT2D eigenvalue weighted by Gasteiger charge is 2.13. The number of anilines is 2. The van der Waals surface area contributed by atoms with Crippen molar-refractivity contribution in [3.05, 3.63) is 47.8 Å². The van der Waals surface area contributed by atoms with Crippen molar-refractivity contribution in [2.45, 2.75) is 0 Å². The quantitative estimate of drug-likeness (QED) is 0.725. The molecule has 0 atom stereocenters. The molecule has 0 bridgehead atoms. The Morgan fingerprint density at radius 1 is 1.14 bits per heavy atom. The normalized spacial score (nSPS) is 10.9. The summed E-state index contributed by atoms with van der Waals surface area (Å²) in [4.78, 5) is 4.22. The first-order valence-electron chi connectivity index (χ1n) is 5.93. The second-order valence-electron chi connectivity index (χ2n) is 4.23. The number of hydrogen-bond acceptors (Lipinski definition) is 4. The minimum absolute atomic E-state index is 0.293. The second kappa shape index (κ2) is 5.25. The predicted octanol–water partition coefficient (Wildman–Crippen LogP) is 4.47. The summed E-state index contributed by atoms with van der Waals surface area (Å²) in [5.41, 5.74) is 0.388. The van der Waals surface area contributed by atoms with Crippen LogP contribution in [0.4, 0.5) is 24.0 Å². The van der Waals surface area contributed by atoms with Gasteiger partial charge in [0.2, 0.25) is 0 Å². The summed E-state index contributed by atoms with van der Waals surface area (Å²) in [5, 5.41) is 2.93. The van der Waals surface area contributed by atoms with Crippen molar-refractivity contribution in [3.8, 4) is 5.75 Å². The van der Waals surface area contributed by atoms with Gasteiger partial charge in [0, 0.05) is 12.1 Å². The molecular weight excluding hydrogens is 301 g/mol. The van der Waals surface area contributed by atoms with Crippen LogP contribution in [0.3, 0.4) is 0 Å². The van der Waals surface area contributed by atoms with E-state index in [9.17, 15) is 13.2 Å². The lowest BCUT2D eigenvalue weighted by Gasteiger charge is -2.04. The number of nitrogens with zero attached hydrogens (tertiary/aromatic N) is 1. The maximum absolute atomic E-state index is 13.6. The lowest BCUT2D eigenvalue weighted by Crippen LogP contribution is -1.97. The standard InChI is InChI=1S/C14H9F3N2OS/c1-20-8-2-3-10-12(6-8)21-14(18-10)19-11-5-7(15)4-9(16)13(11)17/h2-6H,1H3,(H,18,19). The molecule has 1 N–H and O–H groups in total. The molecule has 0 amide bonds. The van der Waals surface area contributed by atoms with Gasteiger partial charge in [0.15, 0.2) is 16.8 Å². The van der Waals surface area contributed by atoms with E-state index in [0.29, 0.717) is 22.5 Å². The number of thiazole rings is 1. The number of benzene rings is 2. The van der Waals surface area contributed by atoms with E-state index in [4.69, 9.17) is 4.74 Å². The molecule has 0 radical (unpaired) electrons. The van der Waals surface area contributed by atoms with Crippen molar-refractivity contribution in [1.82, 2.24) is 4.98 Å². The van der Waals surface area contributed by atoms with Gasteiger partial charge in [0.05, 0.1) is 23.0 Å². The summed E-state index contributed by atoms with van der Waals surface area (Å²) in [6, 6.07) is 6.64. The van der Waals surface area contributed by atoms with Crippen LogP contribution in [0.5, 0.6) is 5.75 Å². The molecule has 0 unspecified atom stereocenters. The Kier molecular flexibility index (Phi) is 3.42. The first-order valence-corrected chi connectivity index (χ1v) is 6.74. The predicted molar refractivity (Wildman–Crippen MR) is 75.8 cm³/mol.